The summed E-state index contributed by atoms with van der Waals surface area (Å²) in [5.74, 6) is -0.371. The lowest BCUT2D eigenvalue weighted by atomic mass is 9.97. The van der Waals surface area contributed by atoms with Crippen LogP contribution in [0, 0.1) is 5.92 Å². The number of ether oxygens (including phenoxy) is 1. The first kappa shape index (κ1) is 13.6. The molecule has 102 valence electrons. The third kappa shape index (κ3) is 3.34. The molecule has 1 aliphatic rings. The van der Waals surface area contributed by atoms with E-state index in [2.05, 4.69) is 0 Å². The number of piperidine rings is 1. The number of nitrogens with zero attached hydrogens (tertiary/aromatic N) is 1. The van der Waals surface area contributed by atoms with Gasteiger partial charge in [0.05, 0.1) is 12.5 Å². The first-order chi connectivity index (χ1) is 9.22. The Bertz CT molecular complexity index is 444. The Hall–Kier alpha value is -1.84. The molecule has 1 amide bonds. The molecule has 0 N–H and O–H groups in total. The molecule has 0 bridgehead atoms. The van der Waals surface area contributed by atoms with Crippen molar-refractivity contribution >= 4 is 11.9 Å². The number of hydrogen-bond acceptors (Lipinski definition) is 3. The van der Waals surface area contributed by atoms with Crippen LogP contribution in [0.4, 0.5) is 0 Å². The van der Waals surface area contributed by atoms with Crippen LogP contribution in [0.3, 0.4) is 0 Å². The maximum Gasteiger partial charge on any atom is 0.310 e. The molecule has 4 heteroatoms. The van der Waals surface area contributed by atoms with Crippen molar-refractivity contribution in [2.75, 3.05) is 19.7 Å². The number of hydrogen-bond donors (Lipinski definition) is 0. The van der Waals surface area contributed by atoms with Gasteiger partial charge < -0.3 is 9.64 Å². The lowest BCUT2D eigenvalue weighted by Crippen LogP contribution is -2.42. The van der Waals surface area contributed by atoms with Gasteiger partial charge in [0.25, 0.3) is 5.91 Å². The van der Waals surface area contributed by atoms with Gasteiger partial charge in [0.15, 0.2) is 0 Å². The molecule has 0 saturated carbocycles. The third-order valence-electron chi connectivity index (χ3n) is 3.35. The van der Waals surface area contributed by atoms with E-state index in [4.69, 9.17) is 4.74 Å². The van der Waals surface area contributed by atoms with Gasteiger partial charge >= 0.3 is 5.97 Å². The molecule has 1 fully saturated rings. The van der Waals surface area contributed by atoms with E-state index in [9.17, 15) is 9.59 Å². The van der Waals surface area contributed by atoms with Crippen LogP contribution in [0.25, 0.3) is 0 Å². The zero-order valence-electron chi connectivity index (χ0n) is 11.2. The summed E-state index contributed by atoms with van der Waals surface area (Å²) in [7, 11) is 0. The SMILES string of the molecule is CCOC(=O)[C@H]1CCCN(C(=O)c2ccccc2)C1. The maximum atomic E-state index is 12.3. The van der Waals surface area contributed by atoms with Crippen LogP contribution in [-0.4, -0.2) is 36.5 Å². The number of carbonyl (C=O) groups excluding carboxylic acids is 2. The minimum absolute atomic E-state index is 0.00500. The lowest BCUT2D eigenvalue weighted by molar-refractivity contribution is -0.149. The van der Waals surface area contributed by atoms with Crippen molar-refractivity contribution in [1.82, 2.24) is 4.90 Å². The highest BCUT2D eigenvalue weighted by Crippen LogP contribution is 2.19. The zero-order valence-corrected chi connectivity index (χ0v) is 11.2. The van der Waals surface area contributed by atoms with Crippen LogP contribution < -0.4 is 0 Å². The van der Waals surface area contributed by atoms with Gasteiger partial charge in [0, 0.05) is 18.7 Å². The van der Waals surface area contributed by atoms with Gasteiger partial charge in [-0.15, -0.1) is 0 Å². The maximum absolute atomic E-state index is 12.3. The number of rotatable bonds is 3. The zero-order chi connectivity index (χ0) is 13.7. The van der Waals surface area contributed by atoms with E-state index in [-0.39, 0.29) is 17.8 Å². The van der Waals surface area contributed by atoms with Gasteiger partial charge in [-0.2, -0.15) is 0 Å². The number of carbonyl (C=O) groups is 2. The Morgan fingerprint density at radius 2 is 2.05 bits per heavy atom. The minimum atomic E-state index is -0.187. The van der Waals surface area contributed by atoms with Gasteiger partial charge in [-0.25, -0.2) is 0 Å². The van der Waals surface area contributed by atoms with Gasteiger partial charge in [0.1, 0.15) is 0 Å². The highest BCUT2D eigenvalue weighted by Gasteiger charge is 2.29. The van der Waals surface area contributed by atoms with E-state index in [0.29, 0.717) is 25.3 Å². The predicted molar refractivity (Wildman–Crippen MR) is 71.7 cm³/mol. The van der Waals surface area contributed by atoms with Crippen molar-refractivity contribution in [2.24, 2.45) is 5.92 Å². The Morgan fingerprint density at radius 3 is 2.74 bits per heavy atom. The summed E-state index contributed by atoms with van der Waals surface area (Å²) in [6.45, 7) is 3.37. The molecule has 1 atom stereocenters. The van der Waals surface area contributed by atoms with Crippen molar-refractivity contribution in [3.8, 4) is 0 Å². The monoisotopic (exact) mass is 261 g/mol. The minimum Gasteiger partial charge on any atom is -0.466 e. The fourth-order valence-corrected chi connectivity index (χ4v) is 2.38. The fourth-order valence-electron chi connectivity index (χ4n) is 2.38. The number of benzene rings is 1. The van der Waals surface area contributed by atoms with E-state index >= 15 is 0 Å². The van der Waals surface area contributed by atoms with Gasteiger partial charge in [-0.3, -0.25) is 9.59 Å². The molecule has 1 aromatic carbocycles. The van der Waals surface area contributed by atoms with Crippen LogP contribution in [0.5, 0.6) is 0 Å². The van der Waals surface area contributed by atoms with Crippen molar-refractivity contribution in [3.63, 3.8) is 0 Å². The molecule has 1 aliphatic heterocycles. The Labute approximate surface area is 113 Å². The summed E-state index contributed by atoms with van der Waals surface area (Å²) < 4.78 is 5.04. The highest BCUT2D eigenvalue weighted by molar-refractivity contribution is 5.94. The molecular weight excluding hydrogens is 242 g/mol. The average Bonchev–Trinajstić information content (AvgIpc) is 2.48. The molecular formula is C15H19NO3. The molecule has 1 saturated heterocycles. The van der Waals surface area contributed by atoms with Crippen LogP contribution >= 0.6 is 0 Å². The van der Waals surface area contributed by atoms with Gasteiger partial charge in [-0.1, -0.05) is 18.2 Å². The third-order valence-corrected chi connectivity index (χ3v) is 3.35. The van der Waals surface area contributed by atoms with Crippen molar-refractivity contribution < 1.29 is 14.3 Å². The van der Waals surface area contributed by atoms with Crippen LogP contribution in [0.1, 0.15) is 30.1 Å². The summed E-state index contributed by atoms with van der Waals surface area (Å²) in [5, 5.41) is 0. The second-order valence-electron chi connectivity index (χ2n) is 4.71. The van der Waals surface area contributed by atoms with E-state index < -0.39 is 0 Å². The second-order valence-corrected chi connectivity index (χ2v) is 4.71. The molecule has 0 aliphatic carbocycles. The molecule has 2 rings (SSSR count). The van der Waals surface area contributed by atoms with Crippen molar-refractivity contribution in [3.05, 3.63) is 35.9 Å². The quantitative estimate of drug-likeness (QED) is 0.783. The van der Waals surface area contributed by atoms with Crippen LogP contribution in [0.2, 0.25) is 0 Å². The van der Waals surface area contributed by atoms with Crippen molar-refractivity contribution in [2.45, 2.75) is 19.8 Å². The summed E-state index contributed by atoms with van der Waals surface area (Å²) in [4.78, 5) is 25.8. The van der Waals surface area contributed by atoms with E-state index in [1.165, 1.54) is 0 Å². The van der Waals surface area contributed by atoms with E-state index in [0.717, 1.165) is 12.8 Å². The molecule has 0 spiro atoms. The number of esters is 1. The van der Waals surface area contributed by atoms with Crippen molar-refractivity contribution in [1.29, 1.82) is 0 Å². The predicted octanol–water partition coefficient (Wildman–Crippen LogP) is 2.10. The summed E-state index contributed by atoms with van der Waals surface area (Å²) in [5.41, 5.74) is 0.673. The van der Waals surface area contributed by atoms with Crippen LogP contribution in [-0.2, 0) is 9.53 Å². The highest BCUT2D eigenvalue weighted by atomic mass is 16.5. The van der Waals surface area contributed by atoms with Gasteiger partial charge in [0.2, 0.25) is 0 Å². The smallest absolute Gasteiger partial charge is 0.310 e. The van der Waals surface area contributed by atoms with Gasteiger partial charge in [-0.05, 0) is 31.9 Å². The average molecular weight is 261 g/mol. The second kappa shape index (κ2) is 6.36. The normalized spacial score (nSPS) is 19.0. The topological polar surface area (TPSA) is 46.6 Å². The number of likely N-dealkylation sites (tertiary alicyclic amines) is 1. The molecule has 1 aromatic rings. The Morgan fingerprint density at radius 1 is 1.32 bits per heavy atom. The van der Waals surface area contributed by atoms with E-state index in [1.807, 2.05) is 18.2 Å². The lowest BCUT2D eigenvalue weighted by Gasteiger charge is -2.31. The first-order valence-electron chi connectivity index (χ1n) is 6.73. The summed E-state index contributed by atoms with van der Waals surface area (Å²) in [6, 6.07) is 9.18. The molecule has 0 aromatic heterocycles. The Kier molecular flexibility index (Phi) is 4.55. The summed E-state index contributed by atoms with van der Waals surface area (Å²) in [6.07, 6.45) is 1.65. The Balaban J connectivity index is 2.01. The molecule has 1 heterocycles. The number of amides is 1. The molecule has 0 unspecified atom stereocenters. The van der Waals surface area contributed by atoms with Crippen LogP contribution in [0.15, 0.2) is 30.3 Å². The molecule has 0 radical (unpaired) electrons. The first-order valence-corrected chi connectivity index (χ1v) is 6.73. The molecule has 4 nitrogen and oxygen atoms in total. The largest absolute Gasteiger partial charge is 0.466 e. The van der Waals surface area contributed by atoms with E-state index in [1.54, 1.807) is 24.0 Å². The molecule has 19 heavy (non-hydrogen) atoms. The standard InChI is InChI=1S/C15H19NO3/c1-2-19-15(18)13-9-6-10-16(11-13)14(17)12-7-4-3-5-8-12/h3-5,7-8,13H,2,6,9-11H2,1H3/t13-/m0/s1. The fraction of sp³-hybridized carbons (Fsp3) is 0.467. The summed E-state index contributed by atoms with van der Waals surface area (Å²) >= 11 is 0.